The molecule has 2 aliphatic heterocycles. The van der Waals surface area contributed by atoms with Crippen LogP contribution in [0.2, 0.25) is 0 Å². The number of carbonyl (C=O) groups excluding carboxylic acids is 1. The lowest BCUT2D eigenvalue weighted by molar-refractivity contribution is -0.132. The predicted molar refractivity (Wildman–Crippen MR) is 130 cm³/mol. The summed E-state index contributed by atoms with van der Waals surface area (Å²) in [6.45, 7) is 7.72. The summed E-state index contributed by atoms with van der Waals surface area (Å²) < 4.78 is 6.16. The standard InChI is InChI=1S/C28H38N2O2/c1-2-28(31)30-15-7-11-26(21-30)22-32-27-12-6-10-25(19-27)20-29-16-13-24(14-17-29)18-23-8-4-3-5-9-23/h3-6,8-10,12,19,24,26H,2,7,11,13-18,20-22H2,1H3. The monoisotopic (exact) mass is 434 g/mol. The van der Waals surface area contributed by atoms with Crippen LogP contribution in [0.4, 0.5) is 0 Å². The molecule has 0 aliphatic carbocycles. The number of carbonyl (C=O) groups is 1. The number of hydrogen-bond acceptors (Lipinski definition) is 3. The molecule has 2 saturated heterocycles. The van der Waals surface area contributed by atoms with Gasteiger partial charge in [0.25, 0.3) is 0 Å². The van der Waals surface area contributed by atoms with Crippen molar-refractivity contribution in [2.75, 3.05) is 32.8 Å². The molecule has 0 N–H and O–H groups in total. The van der Waals surface area contributed by atoms with Crippen LogP contribution in [0.15, 0.2) is 54.6 Å². The molecule has 0 bridgehead atoms. The van der Waals surface area contributed by atoms with Gasteiger partial charge in [-0.25, -0.2) is 0 Å². The molecule has 172 valence electrons. The molecule has 4 heteroatoms. The Morgan fingerprint density at radius 1 is 0.938 bits per heavy atom. The largest absolute Gasteiger partial charge is 0.493 e. The normalized spacial score (nSPS) is 20.3. The number of piperidine rings is 2. The molecule has 4 nitrogen and oxygen atoms in total. The smallest absolute Gasteiger partial charge is 0.222 e. The van der Waals surface area contributed by atoms with Gasteiger partial charge in [-0.1, -0.05) is 49.4 Å². The minimum atomic E-state index is 0.268. The Bertz CT molecular complexity index is 846. The summed E-state index contributed by atoms with van der Waals surface area (Å²) >= 11 is 0. The number of nitrogens with zero attached hydrogens (tertiary/aromatic N) is 2. The van der Waals surface area contributed by atoms with E-state index in [4.69, 9.17) is 4.74 Å². The average molecular weight is 435 g/mol. The van der Waals surface area contributed by atoms with Crippen LogP contribution in [0.1, 0.15) is 50.2 Å². The highest BCUT2D eigenvalue weighted by Gasteiger charge is 2.23. The molecule has 4 rings (SSSR count). The Balaban J connectivity index is 1.22. The van der Waals surface area contributed by atoms with Gasteiger partial charge in [-0.2, -0.15) is 0 Å². The summed E-state index contributed by atoms with van der Waals surface area (Å²) in [5.41, 5.74) is 2.80. The van der Waals surface area contributed by atoms with E-state index in [1.165, 1.54) is 43.5 Å². The SMILES string of the molecule is CCC(=O)N1CCCC(COc2cccc(CN3CCC(Cc4ccccc4)CC3)c2)C1. The van der Waals surface area contributed by atoms with Crippen molar-refractivity contribution in [1.29, 1.82) is 0 Å². The molecule has 1 amide bonds. The van der Waals surface area contributed by atoms with Gasteiger partial charge in [-0.3, -0.25) is 9.69 Å². The van der Waals surface area contributed by atoms with Crippen LogP contribution < -0.4 is 4.74 Å². The van der Waals surface area contributed by atoms with Gasteiger partial charge in [-0.15, -0.1) is 0 Å². The Labute approximate surface area is 193 Å². The molecule has 0 spiro atoms. The Kier molecular flexibility index (Phi) is 8.22. The average Bonchev–Trinajstić information content (AvgIpc) is 2.84. The zero-order chi connectivity index (χ0) is 22.2. The minimum Gasteiger partial charge on any atom is -0.493 e. The highest BCUT2D eigenvalue weighted by atomic mass is 16.5. The molecule has 1 unspecified atom stereocenters. The summed E-state index contributed by atoms with van der Waals surface area (Å²) in [5, 5.41) is 0. The van der Waals surface area contributed by atoms with Crippen molar-refractivity contribution in [2.45, 2.75) is 52.0 Å². The van der Waals surface area contributed by atoms with E-state index < -0.39 is 0 Å². The first-order chi connectivity index (χ1) is 15.7. The van der Waals surface area contributed by atoms with E-state index >= 15 is 0 Å². The molecule has 2 aliphatic rings. The zero-order valence-corrected chi connectivity index (χ0v) is 19.5. The van der Waals surface area contributed by atoms with Gasteiger partial charge >= 0.3 is 0 Å². The quantitative estimate of drug-likeness (QED) is 0.575. The van der Waals surface area contributed by atoms with E-state index in [0.717, 1.165) is 44.1 Å². The van der Waals surface area contributed by atoms with Crippen LogP contribution >= 0.6 is 0 Å². The third kappa shape index (κ3) is 6.59. The third-order valence-electron chi connectivity index (χ3n) is 7.04. The van der Waals surface area contributed by atoms with Crippen molar-refractivity contribution in [1.82, 2.24) is 9.80 Å². The second-order valence-electron chi connectivity index (χ2n) is 9.57. The molecule has 1 atom stereocenters. The lowest BCUT2D eigenvalue weighted by atomic mass is 9.90. The van der Waals surface area contributed by atoms with Crippen molar-refractivity contribution < 1.29 is 9.53 Å². The Hall–Kier alpha value is -2.33. The molecule has 0 saturated carbocycles. The van der Waals surface area contributed by atoms with E-state index in [0.29, 0.717) is 18.9 Å². The maximum absolute atomic E-state index is 12.0. The summed E-state index contributed by atoms with van der Waals surface area (Å²) in [5.74, 6) is 2.47. The molecule has 0 radical (unpaired) electrons. The van der Waals surface area contributed by atoms with Crippen LogP contribution in [-0.4, -0.2) is 48.5 Å². The fourth-order valence-corrected chi connectivity index (χ4v) is 5.15. The highest BCUT2D eigenvalue weighted by Crippen LogP contribution is 2.24. The van der Waals surface area contributed by atoms with Gasteiger partial charge in [0, 0.05) is 32.0 Å². The van der Waals surface area contributed by atoms with Crippen LogP contribution in [0.25, 0.3) is 0 Å². The Morgan fingerprint density at radius 2 is 1.72 bits per heavy atom. The Morgan fingerprint density at radius 3 is 2.50 bits per heavy atom. The van der Waals surface area contributed by atoms with Gasteiger partial charge in [0.15, 0.2) is 0 Å². The maximum Gasteiger partial charge on any atom is 0.222 e. The zero-order valence-electron chi connectivity index (χ0n) is 19.5. The fraction of sp³-hybridized carbons (Fsp3) is 0.536. The second kappa shape index (κ2) is 11.5. The number of rotatable bonds is 8. The number of benzene rings is 2. The van der Waals surface area contributed by atoms with Crippen molar-refractivity contribution in [3.8, 4) is 5.75 Å². The maximum atomic E-state index is 12.0. The number of likely N-dealkylation sites (tertiary alicyclic amines) is 2. The molecule has 32 heavy (non-hydrogen) atoms. The summed E-state index contributed by atoms with van der Waals surface area (Å²) in [6.07, 6.45) is 6.59. The third-order valence-corrected chi connectivity index (χ3v) is 7.04. The first-order valence-corrected chi connectivity index (χ1v) is 12.5. The van der Waals surface area contributed by atoms with E-state index in [1.807, 2.05) is 11.8 Å². The van der Waals surface area contributed by atoms with Crippen LogP contribution in [0.5, 0.6) is 5.75 Å². The molecular weight excluding hydrogens is 396 g/mol. The molecule has 2 heterocycles. The predicted octanol–water partition coefficient (Wildman–Crippen LogP) is 5.17. The lowest BCUT2D eigenvalue weighted by Gasteiger charge is -2.33. The van der Waals surface area contributed by atoms with Gasteiger partial charge in [0.2, 0.25) is 5.91 Å². The number of ether oxygens (including phenoxy) is 1. The molecule has 2 aromatic carbocycles. The first kappa shape index (κ1) is 22.8. The molecule has 2 fully saturated rings. The van der Waals surface area contributed by atoms with E-state index in [9.17, 15) is 4.79 Å². The van der Waals surface area contributed by atoms with Crippen molar-refractivity contribution in [3.63, 3.8) is 0 Å². The highest BCUT2D eigenvalue weighted by molar-refractivity contribution is 5.75. The van der Waals surface area contributed by atoms with E-state index in [2.05, 4.69) is 59.5 Å². The van der Waals surface area contributed by atoms with Crippen LogP contribution in [0, 0.1) is 11.8 Å². The summed E-state index contributed by atoms with van der Waals surface area (Å²) in [6, 6.07) is 19.5. The molecular formula is C28H38N2O2. The minimum absolute atomic E-state index is 0.268. The van der Waals surface area contributed by atoms with Crippen molar-refractivity contribution in [3.05, 3.63) is 65.7 Å². The van der Waals surface area contributed by atoms with Crippen molar-refractivity contribution >= 4 is 5.91 Å². The van der Waals surface area contributed by atoms with E-state index in [1.54, 1.807) is 0 Å². The van der Waals surface area contributed by atoms with Gasteiger partial charge in [0.1, 0.15) is 5.75 Å². The number of hydrogen-bond donors (Lipinski definition) is 0. The van der Waals surface area contributed by atoms with E-state index in [-0.39, 0.29) is 5.91 Å². The second-order valence-corrected chi connectivity index (χ2v) is 9.57. The van der Waals surface area contributed by atoms with Crippen LogP contribution in [-0.2, 0) is 17.8 Å². The lowest BCUT2D eigenvalue weighted by Crippen LogP contribution is -2.41. The van der Waals surface area contributed by atoms with Gasteiger partial charge < -0.3 is 9.64 Å². The summed E-state index contributed by atoms with van der Waals surface area (Å²) in [4.78, 5) is 16.6. The summed E-state index contributed by atoms with van der Waals surface area (Å²) in [7, 11) is 0. The number of amides is 1. The fourth-order valence-electron chi connectivity index (χ4n) is 5.15. The van der Waals surface area contributed by atoms with Gasteiger partial charge in [0.05, 0.1) is 6.61 Å². The van der Waals surface area contributed by atoms with Gasteiger partial charge in [-0.05, 0) is 74.4 Å². The molecule has 0 aromatic heterocycles. The topological polar surface area (TPSA) is 32.8 Å². The molecule has 2 aromatic rings. The first-order valence-electron chi connectivity index (χ1n) is 12.5. The van der Waals surface area contributed by atoms with Crippen molar-refractivity contribution in [2.24, 2.45) is 11.8 Å². The van der Waals surface area contributed by atoms with Crippen LogP contribution in [0.3, 0.4) is 0 Å².